The minimum atomic E-state index is -0.371. The summed E-state index contributed by atoms with van der Waals surface area (Å²) in [7, 11) is 0. The fourth-order valence-electron chi connectivity index (χ4n) is 3.09. The summed E-state index contributed by atoms with van der Waals surface area (Å²) in [6, 6.07) is 7.71. The molecule has 112 valence electrons. The van der Waals surface area contributed by atoms with Gasteiger partial charge in [-0.25, -0.2) is 0 Å². The Balaban J connectivity index is 1.58. The zero-order valence-electron chi connectivity index (χ0n) is 12.0. The van der Waals surface area contributed by atoms with Crippen molar-refractivity contribution in [3.8, 4) is 0 Å². The molecule has 3 rings (SSSR count). The smallest absolute Gasteiger partial charge is 0.242 e. The van der Waals surface area contributed by atoms with Crippen molar-refractivity contribution in [1.82, 2.24) is 10.6 Å². The summed E-state index contributed by atoms with van der Waals surface area (Å²) >= 11 is 0. The Labute approximate surface area is 124 Å². The van der Waals surface area contributed by atoms with Gasteiger partial charge in [-0.1, -0.05) is 18.2 Å². The van der Waals surface area contributed by atoms with E-state index in [0.29, 0.717) is 13.0 Å². The average Bonchev–Trinajstić information content (AvgIpc) is 2.77. The van der Waals surface area contributed by atoms with Crippen LogP contribution in [-0.4, -0.2) is 30.9 Å². The second kappa shape index (κ2) is 6.16. The second-order valence-electron chi connectivity index (χ2n) is 5.78. The molecular formula is C16H21N3O2. The number of amides is 2. The number of hydrogen-bond acceptors (Lipinski definition) is 3. The standard InChI is InChI=1S/C16H21N3O2/c20-15(19-14-7-3-4-8-17-16(14)21)9-11-10-18-13-6-2-1-5-12(11)13/h1-2,5-6,11,14,18H,3-4,7-10H2,(H,17,21)(H,19,20). The Morgan fingerprint density at radius 3 is 3.00 bits per heavy atom. The number of anilines is 1. The average molecular weight is 287 g/mol. The lowest BCUT2D eigenvalue weighted by molar-refractivity contribution is -0.129. The van der Waals surface area contributed by atoms with Crippen LogP contribution in [0.5, 0.6) is 0 Å². The minimum Gasteiger partial charge on any atom is -0.384 e. The van der Waals surface area contributed by atoms with E-state index in [2.05, 4.69) is 22.0 Å². The van der Waals surface area contributed by atoms with E-state index in [4.69, 9.17) is 0 Å². The highest BCUT2D eigenvalue weighted by molar-refractivity contribution is 5.88. The van der Waals surface area contributed by atoms with Gasteiger partial charge in [-0.2, -0.15) is 0 Å². The van der Waals surface area contributed by atoms with Gasteiger partial charge in [0, 0.05) is 31.1 Å². The topological polar surface area (TPSA) is 70.2 Å². The zero-order chi connectivity index (χ0) is 14.7. The molecule has 1 aromatic carbocycles. The van der Waals surface area contributed by atoms with E-state index in [0.717, 1.165) is 31.5 Å². The molecule has 21 heavy (non-hydrogen) atoms. The van der Waals surface area contributed by atoms with Gasteiger partial charge in [0.25, 0.3) is 0 Å². The third-order valence-corrected chi connectivity index (χ3v) is 4.24. The van der Waals surface area contributed by atoms with Gasteiger partial charge < -0.3 is 16.0 Å². The van der Waals surface area contributed by atoms with Gasteiger partial charge in [0.1, 0.15) is 6.04 Å². The lowest BCUT2D eigenvalue weighted by Gasteiger charge is -2.17. The maximum Gasteiger partial charge on any atom is 0.242 e. The number of hydrogen-bond donors (Lipinski definition) is 3. The van der Waals surface area contributed by atoms with Crippen LogP contribution in [0.1, 0.15) is 37.2 Å². The summed E-state index contributed by atoms with van der Waals surface area (Å²) < 4.78 is 0. The molecule has 2 amide bonds. The molecule has 0 saturated carbocycles. The first-order chi connectivity index (χ1) is 10.2. The summed E-state index contributed by atoms with van der Waals surface area (Å²) in [5, 5.41) is 9.05. The Morgan fingerprint density at radius 2 is 2.10 bits per heavy atom. The van der Waals surface area contributed by atoms with E-state index in [9.17, 15) is 9.59 Å². The van der Waals surface area contributed by atoms with Crippen LogP contribution in [0.25, 0.3) is 0 Å². The molecule has 5 nitrogen and oxygen atoms in total. The molecule has 3 N–H and O–H groups in total. The molecular weight excluding hydrogens is 266 g/mol. The van der Waals surface area contributed by atoms with Gasteiger partial charge in [-0.05, 0) is 30.9 Å². The maximum absolute atomic E-state index is 12.2. The van der Waals surface area contributed by atoms with Crippen LogP contribution in [0.4, 0.5) is 5.69 Å². The summed E-state index contributed by atoms with van der Waals surface area (Å²) in [6.45, 7) is 1.49. The lowest BCUT2D eigenvalue weighted by Crippen LogP contribution is -2.45. The van der Waals surface area contributed by atoms with Crippen LogP contribution in [0.3, 0.4) is 0 Å². The highest BCUT2D eigenvalue weighted by Crippen LogP contribution is 2.33. The first-order valence-electron chi connectivity index (χ1n) is 7.64. The predicted octanol–water partition coefficient (Wildman–Crippen LogP) is 1.37. The Morgan fingerprint density at radius 1 is 1.24 bits per heavy atom. The maximum atomic E-state index is 12.2. The van der Waals surface area contributed by atoms with E-state index in [1.54, 1.807) is 0 Å². The molecule has 2 aliphatic heterocycles. The largest absolute Gasteiger partial charge is 0.384 e. The van der Waals surface area contributed by atoms with E-state index >= 15 is 0 Å². The van der Waals surface area contributed by atoms with Crippen LogP contribution in [0.2, 0.25) is 0 Å². The first kappa shape index (κ1) is 13.9. The molecule has 2 atom stereocenters. The van der Waals surface area contributed by atoms with E-state index in [1.807, 2.05) is 18.2 Å². The van der Waals surface area contributed by atoms with Crippen molar-refractivity contribution < 1.29 is 9.59 Å². The van der Waals surface area contributed by atoms with Crippen LogP contribution >= 0.6 is 0 Å². The SMILES string of the molecule is O=C(CC1CNc2ccccc21)NC1CCCCNC1=O. The number of nitrogens with one attached hydrogen (secondary N) is 3. The Bertz CT molecular complexity index is 544. The van der Waals surface area contributed by atoms with Gasteiger partial charge in [0.2, 0.25) is 11.8 Å². The third-order valence-electron chi connectivity index (χ3n) is 4.24. The molecule has 0 bridgehead atoms. The molecule has 2 aliphatic rings. The molecule has 0 radical (unpaired) electrons. The molecule has 0 spiro atoms. The van der Waals surface area contributed by atoms with Gasteiger partial charge in [0.05, 0.1) is 0 Å². The summed E-state index contributed by atoms with van der Waals surface area (Å²) in [5.74, 6) is 0.0985. The molecule has 0 aliphatic carbocycles. The van der Waals surface area contributed by atoms with Gasteiger partial charge >= 0.3 is 0 Å². The molecule has 2 unspecified atom stereocenters. The van der Waals surface area contributed by atoms with Crippen LogP contribution in [-0.2, 0) is 9.59 Å². The lowest BCUT2D eigenvalue weighted by atomic mass is 9.97. The molecule has 1 saturated heterocycles. The van der Waals surface area contributed by atoms with Crippen molar-refractivity contribution in [3.05, 3.63) is 29.8 Å². The monoisotopic (exact) mass is 287 g/mol. The van der Waals surface area contributed by atoms with Gasteiger partial charge in [0.15, 0.2) is 0 Å². The quantitative estimate of drug-likeness (QED) is 0.786. The van der Waals surface area contributed by atoms with Crippen LogP contribution in [0, 0.1) is 0 Å². The molecule has 2 heterocycles. The van der Waals surface area contributed by atoms with Crippen molar-refractivity contribution in [2.75, 3.05) is 18.4 Å². The Hall–Kier alpha value is -2.04. The number of rotatable bonds is 3. The minimum absolute atomic E-state index is 0.0412. The summed E-state index contributed by atoms with van der Waals surface area (Å²) in [4.78, 5) is 24.1. The highest BCUT2D eigenvalue weighted by atomic mass is 16.2. The van der Waals surface area contributed by atoms with E-state index in [-0.39, 0.29) is 23.8 Å². The third kappa shape index (κ3) is 3.17. The van der Waals surface area contributed by atoms with E-state index in [1.165, 1.54) is 5.56 Å². The molecule has 1 aromatic rings. The van der Waals surface area contributed by atoms with Crippen molar-refractivity contribution in [3.63, 3.8) is 0 Å². The number of benzene rings is 1. The fourth-order valence-corrected chi connectivity index (χ4v) is 3.09. The number of carbonyl (C=O) groups excluding carboxylic acids is 2. The zero-order valence-corrected chi connectivity index (χ0v) is 12.0. The van der Waals surface area contributed by atoms with Crippen molar-refractivity contribution >= 4 is 17.5 Å². The van der Waals surface area contributed by atoms with Crippen molar-refractivity contribution in [2.45, 2.75) is 37.6 Å². The summed E-state index contributed by atoms with van der Waals surface area (Å²) in [5.41, 5.74) is 2.31. The first-order valence-corrected chi connectivity index (χ1v) is 7.64. The van der Waals surface area contributed by atoms with Crippen molar-refractivity contribution in [1.29, 1.82) is 0 Å². The fraction of sp³-hybridized carbons (Fsp3) is 0.500. The number of para-hydroxylation sites is 1. The second-order valence-corrected chi connectivity index (χ2v) is 5.78. The van der Waals surface area contributed by atoms with Crippen LogP contribution in [0.15, 0.2) is 24.3 Å². The molecule has 0 aromatic heterocycles. The predicted molar refractivity (Wildman–Crippen MR) is 81.1 cm³/mol. The van der Waals surface area contributed by atoms with Crippen molar-refractivity contribution in [2.24, 2.45) is 0 Å². The van der Waals surface area contributed by atoms with E-state index < -0.39 is 0 Å². The Kier molecular flexibility index (Phi) is 4.08. The summed E-state index contributed by atoms with van der Waals surface area (Å²) in [6.07, 6.45) is 3.11. The number of carbonyl (C=O) groups is 2. The van der Waals surface area contributed by atoms with Crippen LogP contribution < -0.4 is 16.0 Å². The molecule has 1 fully saturated rings. The number of fused-ring (bicyclic) bond motifs is 1. The molecule has 5 heteroatoms. The highest BCUT2D eigenvalue weighted by Gasteiger charge is 2.27. The van der Waals surface area contributed by atoms with Gasteiger partial charge in [-0.3, -0.25) is 9.59 Å². The van der Waals surface area contributed by atoms with Gasteiger partial charge in [-0.15, -0.1) is 0 Å². The normalized spacial score (nSPS) is 24.5.